The molecule has 1 aliphatic heterocycles. The zero-order valence-electron chi connectivity index (χ0n) is 11.3. The third-order valence-electron chi connectivity index (χ3n) is 3.99. The molecule has 0 bridgehead atoms. The van der Waals surface area contributed by atoms with Crippen molar-refractivity contribution in [2.24, 2.45) is 5.73 Å². The molecule has 19 heavy (non-hydrogen) atoms. The Morgan fingerprint density at radius 2 is 1.53 bits per heavy atom. The van der Waals surface area contributed by atoms with Gasteiger partial charge in [-0.15, -0.1) is 0 Å². The van der Waals surface area contributed by atoms with Gasteiger partial charge in [-0.05, 0) is 23.6 Å². The number of benzene rings is 2. The fourth-order valence-electron chi connectivity index (χ4n) is 2.66. The predicted molar refractivity (Wildman–Crippen MR) is 79.8 cm³/mol. The van der Waals surface area contributed by atoms with E-state index in [1.807, 2.05) is 6.07 Å². The Kier molecular flexibility index (Phi) is 3.36. The second-order valence-corrected chi connectivity index (χ2v) is 5.38. The normalized spacial score (nSPS) is 18.0. The van der Waals surface area contributed by atoms with Crippen LogP contribution in [-0.4, -0.2) is 24.0 Å². The molecule has 2 heteroatoms. The van der Waals surface area contributed by atoms with Crippen LogP contribution in [0, 0.1) is 0 Å². The highest BCUT2D eigenvalue weighted by Crippen LogP contribution is 2.27. The summed E-state index contributed by atoms with van der Waals surface area (Å²) in [4.78, 5) is 2.42. The largest absolute Gasteiger partial charge is 0.325 e. The minimum Gasteiger partial charge on any atom is -0.325 e. The summed E-state index contributed by atoms with van der Waals surface area (Å²) in [5.41, 5.74) is 9.76. The Labute approximate surface area is 114 Å². The van der Waals surface area contributed by atoms with Gasteiger partial charge < -0.3 is 5.73 Å². The van der Waals surface area contributed by atoms with E-state index in [0.29, 0.717) is 12.1 Å². The van der Waals surface area contributed by atoms with Crippen molar-refractivity contribution >= 4 is 0 Å². The van der Waals surface area contributed by atoms with Gasteiger partial charge in [-0.3, -0.25) is 4.90 Å². The minimum absolute atomic E-state index is 0.367. The molecule has 0 aromatic heterocycles. The zero-order chi connectivity index (χ0) is 13.2. The molecule has 2 nitrogen and oxygen atoms in total. The van der Waals surface area contributed by atoms with Gasteiger partial charge in [-0.1, -0.05) is 54.6 Å². The van der Waals surface area contributed by atoms with Crippen LogP contribution in [0.2, 0.25) is 0 Å². The lowest BCUT2D eigenvalue weighted by Crippen LogP contribution is -2.56. The predicted octanol–water partition coefficient (Wildman–Crippen LogP) is 3.06. The summed E-state index contributed by atoms with van der Waals surface area (Å²) in [6, 6.07) is 20.2. The molecule has 1 fully saturated rings. The zero-order valence-corrected chi connectivity index (χ0v) is 11.3. The van der Waals surface area contributed by atoms with E-state index in [4.69, 9.17) is 5.73 Å². The molecule has 1 heterocycles. The lowest BCUT2D eigenvalue weighted by atomic mass is 9.98. The van der Waals surface area contributed by atoms with Crippen LogP contribution in [0.15, 0.2) is 54.6 Å². The first-order chi connectivity index (χ1) is 9.24. The van der Waals surface area contributed by atoms with E-state index in [0.717, 1.165) is 13.1 Å². The van der Waals surface area contributed by atoms with E-state index < -0.39 is 0 Å². The van der Waals surface area contributed by atoms with Crippen molar-refractivity contribution in [2.75, 3.05) is 13.1 Å². The number of hydrogen-bond acceptors (Lipinski definition) is 2. The van der Waals surface area contributed by atoms with E-state index in [2.05, 4.69) is 60.4 Å². The number of rotatable bonds is 3. The molecule has 0 amide bonds. The lowest BCUT2D eigenvalue weighted by Gasteiger charge is -2.41. The quantitative estimate of drug-likeness (QED) is 0.909. The van der Waals surface area contributed by atoms with E-state index >= 15 is 0 Å². The summed E-state index contributed by atoms with van der Waals surface area (Å²) >= 11 is 0. The number of hydrogen-bond donors (Lipinski definition) is 1. The van der Waals surface area contributed by atoms with Gasteiger partial charge in [0.2, 0.25) is 0 Å². The molecule has 0 saturated carbocycles. The molecule has 0 radical (unpaired) electrons. The van der Waals surface area contributed by atoms with Gasteiger partial charge in [0.1, 0.15) is 0 Å². The monoisotopic (exact) mass is 252 g/mol. The molecule has 1 saturated heterocycles. The molecule has 98 valence electrons. The second kappa shape index (κ2) is 5.16. The lowest BCUT2D eigenvalue weighted by molar-refractivity contribution is 0.103. The molecule has 2 aromatic rings. The highest BCUT2D eigenvalue weighted by Gasteiger charge is 2.27. The Morgan fingerprint density at radius 3 is 2.11 bits per heavy atom. The van der Waals surface area contributed by atoms with Crippen molar-refractivity contribution in [1.82, 2.24) is 4.90 Å². The molecule has 3 rings (SSSR count). The highest BCUT2D eigenvalue weighted by molar-refractivity contribution is 5.63. The van der Waals surface area contributed by atoms with Gasteiger partial charge in [-0.2, -0.15) is 0 Å². The smallest absolute Gasteiger partial charge is 0.0321 e. The van der Waals surface area contributed by atoms with Crippen molar-refractivity contribution in [3.63, 3.8) is 0 Å². The first-order valence-electron chi connectivity index (χ1n) is 6.89. The van der Waals surface area contributed by atoms with Crippen molar-refractivity contribution in [3.05, 3.63) is 60.2 Å². The van der Waals surface area contributed by atoms with Gasteiger partial charge in [0.25, 0.3) is 0 Å². The maximum atomic E-state index is 5.84. The summed E-state index contributed by atoms with van der Waals surface area (Å²) in [7, 11) is 0. The number of likely N-dealkylation sites (tertiary alicyclic amines) is 1. The minimum atomic E-state index is 0.367. The van der Waals surface area contributed by atoms with Crippen LogP contribution in [0.25, 0.3) is 11.1 Å². The van der Waals surface area contributed by atoms with Crippen molar-refractivity contribution in [1.29, 1.82) is 0 Å². The molecular formula is C17H20N2. The highest BCUT2D eigenvalue weighted by atomic mass is 15.2. The summed E-state index contributed by atoms with van der Waals surface area (Å²) in [5.74, 6) is 0. The van der Waals surface area contributed by atoms with E-state index in [1.54, 1.807) is 0 Å². The fraction of sp³-hybridized carbons (Fsp3) is 0.294. The van der Waals surface area contributed by atoms with E-state index in [1.165, 1.54) is 16.7 Å². The maximum Gasteiger partial charge on any atom is 0.0321 e. The van der Waals surface area contributed by atoms with Crippen LogP contribution >= 0.6 is 0 Å². The summed E-state index contributed by atoms with van der Waals surface area (Å²) < 4.78 is 0. The van der Waals surface area contributed by atoms with Crippen molar-refractivity contribution in [2.45, 2.75) is 19.0 Å². The van der Waals surface area contributed by atoms with Crippen LogP contribution in [0.5, 0.6) is 0 Å². The third kappa shape index (κ3) is 2.55. The molecule has 0 spiro atoms. The third-order valence-corrected chi connectivity index (χ3v) is 3.99. The van der Waals surface area contributed by atoms with Crippen LogP contribution in [0.3, 0.4) is 0 Å². The number of nitrogens with two attached hydrogens (primary N) is 1. The van der Waals surface area contributed by atoms with Crippen LogP contribution in [-0.2, 0) is 0 Å². The molecule has 2 aromatic carbocycles. The standard InChI is InChI=1S/C17H20N2/c1-13(19-11-17(18)12-19)14-7-9-16(10-8-14)15-5-3-2-4-6-15/h2-10,13,17H,11-12,18H2,1H3. The van der Waals surface area contributed by atoms with E-state index in [-0.39, 0.29) is 0 Å². The Hall–Kier alpha value is -1.64. The average molecular weight is 252 g/mol. The van der Waals surface area contributed by atoms with E-state index in [9.17, 15) is 0 Å². The SMILES string of the molecule is CC(c1ccc(-c2ccccc2)cc1)N1CC(N)C1. The maximum absolute atomic E-state index is 5.84. The summed E-state index contributed by atoms with van der Waals surface area (Å²) in [6.07, 6.45) is 0. The van der Waals surface area contributed by atoms with Crippen LogP contribution < -0.4 is 5.73 Å². The van der Waals surface area contributed by atoms with Gasteiger partial charge >= 0.3 is 0 Å². The molecule has 1 aliphatic rings. The first-order valence-corrected chi connectivity index (χ1v) is 6.89. The molecule has 1 atom stereocenters. The van der Waals surface area contributed by atoms with Gasteiger partial charge in [0, 0.05) is 25.2 Å². The molecule has 0 aliphatic carbocycles. The molecule has 1 unspecified atom stereocenters. The van der Waals surface area contributed by atoms with Crippen LogP contribution in [0.1, 0.15) is 18.5 Å². The Bertz CT molecular complexity index is 527. The molecule has 2 N–H and O–H groups in total. The van der Waals surface area contributed by atoms with Gasteiger partial charge in [0.05, 0.1) is 0 Å². The fourth-order valence-corrected chi connectivity index (χ4v) is 2.66. The Morgan fingerprint density at radius 1 is 0.947 bits per heavy atom. The van der Waals surface area contributed by atoms with Crippen LogP contribution in [0.4, 0.5) is 0 Å². The second-order valence-electron chi connectivity index (χ2n) is 5.38. The van der Waals surface area contributed by atoms with Crippen molar-refractivity contribution < 1.29 is 0 Å². The van der Waals surface area contributed by atoms with Gasteiger partial charge in [-0.25, -0.2) is 0 Å². The summed E-state index contributed by atoms with van der Waals surface area (Å²) in [6.45, 7) is 4.28. The first kappa shape index (κ1) is 12.4. The van der Waals surface area contributed by atoms with Gasteiger partial charge in [0.15, 0.2) is 0 Å². The summed E-state index contributed by atoms with van der Waals surface area (Å²) in [5, 5.41) is 0. The number of nitrogens with zero attached hydrogens (tertiary/aromatic N) is 1. The molecular weight excluding hydrogens is 232 g/mol. The Balaban J connectivity index is 1.76. The average Bonchev–Trinajstić information content (AvgIpc) is 2.44. The topological polar surface area (TPSA) is 29.3 Å². The van der Waals surface area contributed by atoms with Crippen molar-refractivity contribution in [3.8, 4) is 11.1 Å².